The number of methoxy groups -OCH3 is 1. The minimum absolute atomic E-state index is 0.356. The number of carbonyl (C=O) groups excluding carboxylic acids is 1. The molecule has 0 aromatic heterocycles. The summed E-state index contributed by atoms with van der Waals surface area (Å²) in [4.78, 5) is 31.1. The zero-order valence-electron chi connectivity index (χ0n) is 22.2. The Kier molecular flexibility index (Phi) is 7.13. The number of hydroxylamine groups is 3. The predicted octanol–water partition coefficient (Wildman–Crippen LogP) is 3.99. The first-order valence-electron chi connectivity index (χ1n) is 13.7. The Morgan fingerprint density at radius 3 is 2.64 bits per heavy atom. The van der Waals surface area contributed by atoms with Gasteiger partial charge in [-0.05, 0) is 42.4 Å². The molecule has 1 spiro atoms. The quantitative estimate of drug-likeness (QED) is 0.221. The largest absolute Gasteiger partial charge is 0.627 e. The second kappa shape index (κ2) is 10.6. The van der Waals surface area contributed by atoms with Gasteiger partial charge in [-0.1, -0.05) is 30.3 Å². The summed E-state index contributed by atoms with van der Waals surface area (Å²) in [6, 6.07) is 17.0. The van der Waals surface area contributed by atoms with E-state index in [1.807, 2.05) is 30.3 Å². The number of rotatable bonds is 7. The molecule has 2 fully saturated rings. The third-order valence-corrected chi connectivity index (χ3v) is 9.97. The molecule has 4 aliphatic heterocycles. The van der Waals surface area contributed by atoms with Gasteiger partial charge in [0.05, 0.1) is 47.9 Å². The zero-order chi connectivity index (χ0) is 27.0. The Morgan fingerprint density at radius 2 is 1.87 bits per heavy atom. The first-order chi connectivity index (χ1) is 18.9. The number of benzene rings is 2. The molecule has 6 rings (SSSR count). The summed E-state index contributed by atoms with van der Waals surface area (Å²) in [7, 11) is 1.69. The van der Waals surface area contributed by atoms with Crippen molar-refractivity contribution in [3.63, 3.8) is 0 Å². The number of piperidine rings is 1. The summed E-state index contributed by atoms with van der Waals surface area (Å²) in [5.74, 6) is 0.919. The summed E-state index contributed by atoms with van der Waals surface area (Å²) < 4.78 is 11.9. The Labute approximate surface area is 233 Å². The van der Waals surface area contributed by atoms with E-state index >= 15 is 0 Å². The predicted molar refractivity (Wildman–Crippen MR) is 150 cm³/mol. The van der Waals surface area contributed by atoms with E-state index in [0.717, 1.165) is 42.4 Å². The Morgan fingerprint density at radius 1 is 1.13 bits per heavy atom. The van der Waals surface area contributed by atoms with Crippen molar-refractivity contribution in [2.24, 2.45) is 0 Å². The molecule has 0 saturated carbocycles. The van der Waals surface area contributed by atoms with Crippen LogP contribution in [0.3, 0.4) is 0 Å². The van der Waals surface area contributed by atoms with Crippen molar-refractivity contribution in [2.75, 3.05) is 57.0 Å². The number of hydrogen-bond donors (Lipinski definition) is 0. The van der Waals surface area contributed by atoms with Gasteiger partial charge in [0.2, 0.25) is 0 Å². The minimum Gasteiger partial charge on any atom is -0.627 e. The van der Waals surface area contributed by atoms with Crippen molar-refractivity contribution < 1.29 is 23.7 Å². The number of ether oxygens (including phenoxy) is 2. The van der Waals surface area contributed by atoms with Gasteiger partial charge in [0.1, 0.15) is 5.75 Å². The van der Waals surface area contributed by atoms with Gasteiger partial charge in [-0.15, -0.1) is 0 Å². The van der Waals surface area contributed by atoms with Crippen LogP contribution in [0.25, 0.3) is 0 Å². The first-order valence-corrected chi connectivity index (χ1v) is 14.7. The van der Waals surface area contributed by atoms with E-state index in [1.165, 1.54) is 11.8 Å². The fourth-order valence-corrected chi connectivity index (χ4v) is 8.04. The Bertz CT molecular complexity index is 1270. The van der Waals surface area contributed by atoms with Gasteiger partial charge < -0.3 is 19.6 Å². The van der Waals surface area contributed by atoms with E-state index in [4.69, 9.17) is 9.47 Å². The summed E-state index contributed by atoms with van der Waals surface area (Å²) >= 11 is 1.42. The van der Waals surface area contributed by atoms with Crippen molar-refractivity contribution in [1.82, 2.24) is 4.90 Å². The molecular weight excluding hydrogens is 516 g/mol. The van der Waals surface area contributed by atoms with Crippen LogP contribution in [-0.4, -0.2) is 90.2 Å². The van der Waals surface area contributed by atoms with Gasteiger partial charge in [-0.3, -0.25) is 9.55 Å². The van der Waals surface area contributed by atoms with Crippen LogP contribution >= 0.6 is 11.8 Å². The minimum atomic E-state index is -0.920. The number of piperazine rings is 1. The van der Waals surface area contributed by atoms with Crippen LogP contribution in [0.2, 0.25) is 0 Å². The molecule has 206 valence electrons. The lowest BCUT2D eigenvalue weighted by Gasteiger charge is -2.59. The summed E-state index contributed by atoms with van der Waals surface area (Å²) in [5.41, 5.74) is 0.647. The number of para-hydroxylation sites is 2. The molecule has 2 aromatic rings. The average Bonchev–Trinajstić information content (AvgIpc) is 3.40. The van der Waals surface area contributed by atoms with Gasteiger partial charge in [-0.2, -0.15) is 0 Å². The highest BCUT2D eigenvalue weighted by molar-refractivity contribution is 8.03. The molecule has 4 aliphatic rings. The van der Waals surface area contributed by atoms with Crippen LogP contribution in [0.15, 0.2) is 65.7 Å². The molecule has 2 saturated heterocycles. The van der Waals surface area contributed by atoms with Gasteiger partial charge in [-0.25, -0.2) is 4.79 Å². The van der Waals surface area contributed by atoms with Crippen LogP contribution in [-0.2, 0) is 4.74 Å². The lowest BCUT2D eigenvalue weighted by molar-refractivity contribution is -1.03. The fourth-order valence-electron chi connectivity index (χ4n) is 6.63. The summed E-state index contributed by atoms with van der Waals surface area (Å²) in [6.07, 6.45) is 2.24. The van der Waals surface area contributed by atoms with E-state index in [0.29, 0.717) is 48.7 Å². The molecular formula is C29H35N4O5S+. The molecule has 10 heteroatoms. The van der Waals surface area contributed by atoms with Gasteiger partial charge in [0, 0.05) is 44.1 Å². The third-order valence-electron chi connectivity index (χ3n) is 8.77. The van der Waals surface area contributed by atoms with E-state index in [2.05, 4.69) is 15.9 Å². The molecule has 4 unspecified atom stereocenters. The molecule has 39 heavy (non-hydrogen) atoms. The van der Waals surface area contributed by atoms with Crippen LogP contribution in [0.5, 0.6) is 5.75 Å². The maximum absolute atomic E-state index is 14.7. The average molecular weight is 552 g/mol. The van der Waals surface area contributed by atoms with Crippen LogP contribution < -0.4 is 9.64 Å². The van der Waals surface area contributed by atoms with Gasteiger partial charge in [0.15, 0.2) is 11.6 Å². The molecule has 2 bridgehead atoms. The molecule has 2 aromatic carbocycles. The van der Waals surface area contributed by atoms with E-state index in [1.54, 1.807) is 31.4 Å². The molecule has 9 nitrogen and oxygen atoms in total. The number of carbonyl (C=O) groups is 1. The molecule has 4 heterocycles. The molecule has 0 amide bonds. The maximum atomic E-state index is 14.7. The second-order valence-electron chi connectivity index (χ2n) is 10.8. The maximum Gasteiger partial charge on any atom is 0.338 e. The first kappa shape index (κ1) is 26.3. The lowest BCUT2D eigenvalue weighted by atomic mass is 9.82. The monoisotopic (exact) mass is 551 g/mol. The standard InChI is InChI=1S/C29H35N4O5S/c1-37-24-11-6-5-10-23(24)31-17-15-30(16-18-31)14-13-26-32(35)27-20-29(21-39-27)25(12-7-19-33(26,29)36)38-28(34)22-8-3-2-4-9-22/h2-6,8-11,20,25-26H,7,12-19,21H2,1H3/q+1. The molecule has 0 N–H and O–H groups in total. The number of thioether (sulfide) groups is 1. The van der Waals surface area contributed by atoms with Crippen LogP contribution in [0, 0.1) is 10.1 Å². The number of hydrogen-bond acceptors (Lipinski definition) is 8. The van der Waals surface area contributed by atoms with Gasteiger partial charge >= 0.3 is 12.1 Å². The van der Waals surface area contributed by atoms with E-state index in [9.17, 15) is 14.9 Å². The highest BCUT2D eigenvalue weighted by Gasteiger charge is 2.69. The summed E-state index contributed by atoms with van der Waals surface area (Å²) in [6.45, 7) is 4.44. The fraction of sp³-hybridized carbons (Fsp3) is 0.483. The van der Waals surface area contributed by atoms with Gasteiger partial charge in [0.25, 0.3) is 5.03 Å². The number of esters is 1. The Hall–Kier alpha value is -2.92. The second-order valence-corrected chi connectivity index (χ2v) is 11.8. The lowest BCUT2D eigenvalue weighted by Crippen LogP contribution is -2.75. The van der Waals surface area contributed by atoms with Crippen molar-refractivity contribution in [3.05, 3.63) is 81.4 Å². The highest BCUT2D eigenvalue weighted by atomic mass is 32.2. The summed E-state index contributed by atoms with van der Waals surface area (Å²) in [5, 5.41) is 15.3. The van der Waals surface area contributed by atoms with Crippen molar-refractivity contribution >= 4 is 23.4 Å². The SMILES string of the molecule is COc1ccccc1N1CCN(CCC2[N+](=O)C3=CC4(CS3)C(OC(=O)c3ccccc3)CCC[N+]24[O-])CC1. The molecule has 0 aliphatic carbocycles. The van der Waals surface area contributed by atoms with Crippen LogP contribution in [0.4, 0.5) is 5.69 Å². The Balaban J connectivity index is 1.15. The zero-order valence-corrected chi connectivity index (χ0v) is 23.1. The number of quaternary nitrogens is 1. The van der Waals surface area contributed by atoms with Crippen molar-refractivity contribution in [3.8, 4) is 5.75 Å². The number of nitroso groups, excluding NO2 is 1. The molecule has 0 radical (unpaired) electrons. The smallest absolute Gasteiger partial charge is 0.338 e. The molecule has 4 atom stereocenters. The third kappa shape index (κ3) is 4.53. The van der Waals surface area contributed by atoms with Crippen molar-refractivity contribution in [1.29, 1.82) is 0 Å². The van der Waals surface area contributed by atoms with Crippen LogP contribution in [0.1, 0.15) is 29.6 Å². The van der Waals surface area contributed by atoms with E-state index in [-0.39, 0.29) is 0 Å². The number of nitrogens with zero attached hydrogens (tertiary/aromatic N) is 4. The highest BCUT2D eigenvalue weighted by Crippen LogP contribution is 2.53. The normalized spacial score (nSPS) is 30.5. The topological polar surface area (TPSA) is 85.1 Å². The van der Waals surface area contributed by atoms with Crippen molar-refractivity contribution in [2.45, 2.75) is 37.1 Å². The van der Waals surface area contributed by atoms with E-state index < -0.39 is 28.4 Å². The number of anilines is 1.